The van der Waals surface area contributed by atoms with Gasteiger partial charge in [-0.1, -0.05) is 24.3 Å². The molecule has 1 fully saturated rings. The molecule has 0 bridgehead atoms. The zero-order valence-corrected chi connectivity index (χ0v) is 14.7. The van der Waals surface area contributed by atoms with Gasteiger partial charge < -0.3 is 10.3 Å². The molecule has 0 radical (unpaired) electrons. The van der Waals surface area contributed by atoms with Crippen LogP contribution >= 0.6 is 11.3 Å². The Kier molecular flexibility index (Phi) is 3.50. The van der Waals surface area contributed by atoms with E-state index < -0.39 is 0 Å². The summed E-state index contributed by atoms with van der Waals surface area (Å²) in [6.07, 6.45) is 1.67. The maximum absolute atomic E-state index is 12.5. The molecule has 0 aliphatic carbocycles. The Hall–Kier alpha value is -3.12. The van der Waals surface area contributed by atoms with E-state index in [0.29, 0.717) is 6.54 Å². The number of rotatable bonds is 3. The Labute approximate surface area is 154 Å². The first kappa shape index (κ1) is 15.2. The van der Waals surface area contributed by atoms with Crippen LogP contribution in [0.4, 0.5) is 10.5 Å². The van der Waals surface area contributed by atoms with Crippen LogP contribution in [-0.2, 0) is 0 Å². The van der Waals surface area contributed by atoms with Crippen molar-refractivity contribution in [2.75, 3.05) is 11.4 Å². The van der Waals surface area contributed by atoms with Crippen LogP contribution in [0.1, 0.15) is 11.6 Å². The topological polar surface area (TPSA) is 61.0 Å². The van der Waals surface area contributed by atoms with Crippen LogP contribution in [0.15, 0.2) is 65.6 Å². The summed E-state index contributed by atoms with van der Waals surface area (Å²) >= 11 is 1.69. The van der Waals surface area contributed by atoms with Crippen LogP contribution in [0.5, 0.6) is 0 Å². The van der Waals surface area contributed by atoms with Gasteiger partial charge in [-0.25, -0.2) is 9.78 Å². The van der Waals surface area contributed by atoms with Crippen molar-refractivity contribution in [2.45, 2.75) is 6.04 Å². The lowest BCUT2D eigenvalue weighted by molar-refractivity contribution is 0.251. The number of thiophene rings is 1. The molecular formula is C20H16N4OS. The molecule has 1 saturated heterocycles. The van der Waals surface area contributed by atoms with Gasteiger partial charge in [0.25, 0.3) is 0 Å². The number of H-pyrrole nitrogens is 1. The van der Waals surface area contributed by atoms with E-state index >= 15 is 0 Å². The number of carbonyl (C=O) groups excluding carboxylic acids is 1. The summed E-state index contributed by atoms with van der Waals surface area (Å²) in [5, 5.41) is 7.18. The highest BCUT2D eigenvalue weighted by Gasteiger charge is 2.33. The maximum atomic E-state index is 12.5. The lowest BCUT2D eigenvalue weighted by atomic mass is 10.0. The summed E-state index contributed by atoms with van der Waals surface area (Å²) in [6.45, 7) is 0.592. The molecule has 3 heterocycles. The Bertz CT molecular complexity index is 1070. The van der Waals surface area contributed by atoms with Crippen molar-refractivity contribution >= 4 is 34.1 Å². The third-order valence-corrected chi connectivity index (χ3v) is 5.49. The van der Waals surface area contributed by atoms with Crippen LogP contribution in [0.3, 0.4) is 0 Å². The lowest BCUT2D eigenvalue weighted by Crippen LogP contribution is -2.29. The van der Waals surface area contributed by atoms with Gasteiger partial charge in [-0.15, -0.1) is 0 Å². The summed E-state index contributed by atoms with van der Waals surface area (Å²) in [6, 6.07) is 16.3. The molecule has 2 amide bonds. The lowest BCUT2D eigenvalue weighted by Gasteiger charge is -2.23. The zero-order chi connectivity index (χ0) is 17.5. The molecule has 4 aromatic rings. The molecule has 1 aliphatic heterocycles. The minimum atomic E-state index is -0.0770. The number of carbonyl (C=O) groups is 1. The van der Waals surface area contributed by atoms with Crippen molar-refractivity contribution in [1.29, 1.82) is 0 Å². The number of aromatic nitrogens is 2. The number of nitrogens with zero attached hydrogens (tertiary/aromatic N) is 2. The van der Waals surface area contributed by atoms with Crippen LogP contribution in [0.2, 0.25) is 0 Å². The van der Waals surface area contributed by atoms with Gasteiger partial charge in [-0.3, -0.25) is 4.90 Å². The maximum Gasteiger partial charge on any atom is 0.322 e. The smallest absolute Gasteiger partial charge is 0.322 e. The number of aromatic amines is 1. The van der Waals surface area contributed by atoms with Gasteiger partial charge in [0.2, 0.25) is 0 Å². The third kappa shape index (κ3) is 2.46. The number of urea groups is 1. The SMILES string of the molecule is O=C1NCC(c2ccc(-c3ccsc3)cc2)N1c1ccc2[nH]cnc2c1. The van der Waals surface area contributed by atoms with E-state index in [1.807, 2.05) is 23.1 Å². The number of hydrogen-bond donors (Lipinski definition) is 2. The third-order valence-electron chi connectivity index (χ3n) is 4.81. The molecule has 128 valence electrons. The second-order valence-corrected chi connectivity index (χ2v) is 7.09. The molecule has 5 rings (SSSR count). The van der Waals surface area contributed by atoms with Crippen LogP contribution in [-0.4, -0.2) is 22.5 Å². The van der Waals surface area contributed by atoms with E-state index in [-0.39, 0.29) is 12.1 Å². The highest BCUT2D eigenvalue weighted by molar-refractivity contribution is 7.08. The second-order valence-electron chi connectivity index (χ2n) is 6.31. The fourth-order valence-electron chi connectivity index (χ4n) is 3.46. The van der Waals surface area contributed by atoms with Crippen LogP contribution < -0.4 is 10.2 Å². The number of hydrogen-bond acceptors (Lipinski definition) is 3. The first-order valence-corrected chi connectivity index (χ1v) is 9.36. The van der Waals surface area contributed by atoms with Crippen molar-refractivity contribution in [3.63, 3.8) is 0 Å². The Morgan fingerprint density at radius 3 is 2.77 bits per heavy atom. The average Bonchev–Trinajstić information content (AvgIpc) is 3.42. The van der Waals surface area contributed by atoms with E-state index in [4.69, 9.17) is 0 Å². The molecule has 0 saturated carbocycles. The number of amides is 2. The van der Waals surface area contributed by atoms with E-state index in [2.05, 4.69) is 56.4 Å². The highest BCUT2D eigenvalue weighted by Crippen LogP contribution is 2.33. The van der Waals surface area contributed by atoms with Crippen LogP contribution in [0.25, 0.3) is 22.2 Å². The van der Waals surface area contributed by atoms with Gasteiger partial charge in [-0.2, -0.15) is 11.3 Å². The number of benzene rings is 2. The minimum Gasteiger partial charge on any atom is -0.345 e. The fourth-order valence-corrected chi connectivity index (χ4v) is 4.13. The quantitative estimate of drug-likeness (QED) is 0.562. The second kappa shape index (κ2) is 6.00. The molecule has 2 aromatic heterocycles. The summed E-state index contributed by atoms with van der Waals surface area (Å²) in [4.78, 5) is 21.7. The number of nitrogens with one attached hydrogen (secondary N) is 2. The minimum absolute atomic E-state index is 0.0320. The van der Waals surface area contributed by atoms with E-state index in [1.165, 1.54) is 11.1 Å². The normalized spacial score (nSPS) is 17.0. The van der Waals surface area contributed by atoms with E-state index in [1.54, 1.807) is 17.7 Å². The average molecular weight is 360 g/mol. The Morgan fingerprint density at radius 2 is 1.96 bits per heavy atom. The van der Waals surface area contributed by atoms with Crippen molar-refractivity contribution in [2.24, 2.45) is 0 Å². The van der Waals surface area contributed by atoms with Crippen LogP contribution in [0, 0.1) is 0 Å². The molecule has 0 spiro atoms. The highest BCUT2D eigenvalue weighted by atomic mass is 32.1. The van der Waals surface area contributed by atoms with Crippen molar-refractivity contribution in [3.8, 4) is 11.1 Å². The standard InChI is InChI=1S/C20H16N4OS/c25-20-21-10-19(14-3-1-13(2-4-14)15-7-8-26-11-15)24(20)16-5-6-17-18(9-16)23-12-22-17/h1-9,11-12,19H,10H2,(H,21,25)(H,22,23). The van der Waals surface area contributed by atoms with E-state index in [9.17, 15) is 4.79 Å². The van der Waals surface area contributed by atoms with Gasteiger partial charge in [0.05, 0.1) is 23.4 Å². The molecule has 1 aliphatic rings. The van der Waals surface area contributed by atoms with Crippen molar-refractivity contribution in [1.82, 2.24) is 15.3 Å². The first-order valence-electron chi connectivity index (χ1n) is 8.42. The largest absolute Gasteiger partial charge is 0.345 e. The Balaban J connectivity index is 1.50. The molecule has 2 N–H and O–H groups in total. The predicted octanol–water partition coefficient (Wildman–Crippen LogP) is 4.56. The van der Waals surface area contributed by atoms with Gasteiger partial charge in [0.1, 0.15) is 0 Å². The summed E-state index contributed by atoms with van der Waals surface area (Å²) < 4.78 is 0. The van der Waals surface area contributed by atoms with Gasteiger partial charge in [-0.05, 0) is 51.7 Å². The van der Waals surface area contributed by atoms with Crippen molar-refractivity contribution in [3.05, 3.63) is 71.2 Å². The summed E-state index contributed by atoms with van der Waals surface area (Å²) in [5.74, 6) is 0. The van der Waals surface area contributed by atoms with Gasteiger partial charge in [0.15, 0.2) is 0 Å². The summed E-state index contributed by atoms with van der Waals surface area (Å²) in [7, 11) is 0. The molecule has 26 heavy (non-hydrogen) atoms. The zero-order valence-electron chi connectivity index (χ0n) is 13.8. The van der Waals surface area contributed by atoms with Gasteiger partial charge >= 0.3 is 6.03 Å². The Morgan fingerprint density at radius 1 is 1.08 bits per heavy atom. The number of fused-ring (bicyclic) bond motifs is 1. The van der Waals surface area contributed by atoms with E-state index in [0.717, 1.165) is 22.3 Å². The number of imidazole rings is 1. The first-order chi connectivity index (χ1) is 12.8. The summed E-state index contributed by atoms with van der Waals surface area (Å²) in [5.41, 5.74) is 6.20. The molecule has 5 nitrogen and oxygen atoms in total. The molecule has 6 heteroatoms. The van der Waals surface area contributed by atoms with Gasteiger partial charge in [0, 0.05) is 12.2 Å². The molecular weight excluding hydrogens is 344 g/mol. The molecule has 1 atom stereocenters. The predicted molar refractivity (Wildman–Crippen MR) is 104 cm³/mol. The monoisotopic (exact) mass is 360 g/mol. The van der Waals surface area contributed by atoms with Crippen molar-refractivity contribution < 1.29 is 4.79 Å². The number of anilines is 1. The fraction of sp³-hybridized carbons (Fsp3) is 0.100. The molecule has 1 unspecified atom stereocenters. The molecule has 2 aromatic carbocycles.